The van der Waals surface area contributed by atoms with Gasteiger partial charge in [-0.25, -0.2) is 0 Å². The van der Waals surface area contributed by atoms with Gasteiger partial charge in [-0.15, -0.1) is 0 Å². The Kier molecular flexibility index (Phi) is 4.80. The summed E-state index contributed by atoms with van der Waals surface area (Å²) in [7, 11) is 3.53. The summed E-state index contributed by atoms with van der Waals surface area (Å²) >= 11 is 0. The summed E-state index contributed by atoms with van der Waals surface area (Å²) in [6.07, 6.45) is 2.16. The number of likely N-dealkylation sites (tertiary alicyclic amines) is 1. The summed E-state index contributed by atoms with van der Waals surface area (Å²) in [5.41, 5.74) is 1.21. The van der Waals surface area contributed by atoms with Crippen molar-refractivity contribution in [2.75, 3.05) is 27.2 Å². The average Bonchev–Trinajstić information content (AvgIpc) is 2.49. The van der Waals surface area contributed by atoms with Gasteiger partial charge in [-0.3, -0.25) is 15.0 Å². The molecule has 0 spiro atoms. The van der Waals surface area contributed by atoms with Crippen molar-refractivity contribution in [1.29, 1.82) is 0 Å². The van der Waals surface area contributed by atoms with Crippen LogP contribution < -0.4 is 10.1 Å². The first-order valence-electron chi connectivity index (χ1n) is 7.19. The van der Waals surface area contributed by atoms with Crippen LogP contribution in [0.1, 0.15) is 25.3 Å². The third-order valence-electron chi connectivity index (χ3n) is 4.37. The van der Waals surface area contributed by atoms with Crippen LogP contribution >= 0.6 is 0 Å². The van der Waals surface area contributed by atoms with E-state index < -0.39 is 0 Å². The number of non-ortho nitro benzene ring substituents is 1. The zero-order valence-corrected chi connectivity index (χ0v) is 12.9. The molecule has 0 amide bonds. The third-order valence-corrected chi connectivity index (χ3v) is 4.37. The molecule has 1 heterocycles. The number of piperidine rings is 1. The molecule has 0 radical (unpaired) electrons. The lowest BCUT2D eigenvalue weighted by Gasteiger charge is -2.39. The van der Waals surface area contributed by atoms with E-state index in [2.05, 4.69) is 17.1 Å². The van der Waals surface area contributed by atoms with Crippen molar-refractivity contribution in [3.05, 3.63) is 33.9 Å². The van der Waals surface area contributed by atoms with E-state index in [1.807, 2.05) is 13.1 Å². The first-order valence-corrected chi connectivity index (χ1v) is 7.19. The minimum atomic E-state index is -0.375. The van der Waals surface area contributed by atoms with Gasteiger partial charge in [0.25, 0.3) is 5.69 Å². The largest absolute Gasteiger partial charge is 0.496 e. The number of hydrogen-bond donors (Lipinski definition) is 1. The van der Waals surface area contributed by atoms with E-state index in [0.717, 1.165) is 38.0 Å². The third kappa shape index (κ3) is 3.92. The van der Waals surface area contributed by atoms with E-state index in [9.17, 15) is 10.1 Å². The highest BCUT2D eigenvalue weighted by atomic mass is 16.6. The molecular formula is C15H23N3O3. The smallest absolute Gasteiger partial charge is 0.273 e. The number of nitrogens with zero attached hydrogens (tertiary/aromatic N) is 2. The SMILES string of the molecule is CNC1(C)CCN(Cc2cc(OC)cc([N+](=O)[O-])c2)CC1. The predicted molar refractivity (Wildman–Crippen MR) is 81.6 cm³/mol. The quantitative estimate of drug-likeness (QED) is 0.665. The van der Waals surface area contributed by atoms with Gasteiger partial charge in [0.2, 0.25) is 0 Å². The van der Waals surface area contributed by atoms with E-state index in [1.165, 1.54) is 13.2 Å². The molecule has 0 aromatic heterocycles. The molecule has 1 aliphatic rings. The predicted octanol–water partition coefficient (Wildman–Crippen LogP) is 2.18. The highest BCUT2D eigenvalue weighted by molar-refractivity contribution is 5.42. The van der Waals surface area contributed by atoms with Crippen LogP contribution in [0.3, 0.4) is 0 Å². The van der Waals surface area contributed by atoms with E-state index >= 15 is 0 Å². The number of nitro benzene ring substituents is 1. The van der Waals surface area contributed by atoms with Crippen LogP contribution in [-0.2, 0) is 6.54 Å². The molecule has 116 valence electrons. The Morgan fingerprint density at radius 3 is 2.57 bits per heavy atom. The maximum Gasteiger partial charge on any atom is 0.273 e. The van der Waals surface area contributed by atoms with Crippen molar-refractivity contribution in [1.82, 2.24) is 10.2 Å². The molecule has 0 saturated carbocycles. The molecule has 0 atom stereocenters. The minimum Gasteiger partial charge on any atom is -0.496 e. The van der Waals surface area contributed by atoms with Gasteiger partial charge in [0.05, 0.1) is 18.1 Å². The summed E-state index contributed by atoms with van der Waals surface area (Å²) in [6, 6.07) is 4.96. The highest BCUT2D eigenvalue weighted by Gasteiger charge is 2.28. The Balaban J connectivity index is 2.06. The van der Waals surface area contributed by atoms with E-state index in [0.29, 0.717) is 5.75 Å². The van der Waals surface area contributed by atoms with Gasteiger partial charge in [-0.05, 0) is 38.4 Å². The molecule has 1 saturated heterocycles. The van der Waals surface area contributed by atoms with Crippen molar-refractivity contribution in [2.24, 2.45) is 0 Å². The standard InChI is InChI=1S/C15H23N3O3/c1-15(16-2)4-6-17(7-5-15)11-12-8-13(18(19)20)10-14(9-12)21-3/h8-10,16H,4-7,11H2,1-3H3. The van der Waals surface area contributed by atoms with Crippen molar-refractivity contribution in [3.63, 3.8) is 0 Å². The van der Waals surface area contributed by atoms with Crippen LogP contribution in [0.15, 0.2) is 18.2 Å². The Bertz CT molecular complexity index is 511. The fraction of sp³-hybridized carbons (Fsp3) is 0.600. The molecule has 1 aliphatic heterocycles. The second-order valence-corrected chi connectivity index (χ2v) is 5.88. The molecule has 6 nitrogen and oxygen atoms in total. The molecule has 6 heteroatoms. The maximum atomic E-state index is 11.0. The molecule has 2 rings (SSSR count). The molecule has 21 heavy (non-hydrogen) atoms. The first-order chi connectivity index (χ1) is 9.95. The summed E-state index contributed by atoms with van der Waals surface area (Å²) in [4.78, 5) is 12.9. The van der Waals surface area contributed by atoms with Gasteiger partial charge in [-0.1, -0.05) is 0 Å². The first kappa shape index (κ1) is 15.7. The summed E-state index contributed by atoms with van der Waals surface area (Å²) in [5.74, 6) is 0.538. The van der Waals surface area contributed by atoms with Gasteiger partial charge in [-0.2, -0.15) is 0 Å². The van der Waals surface area contributed by atoms with Crippen LogP contribution in [0.4, 0.5) is 5.69 Å². The van der Waals surface area contributed by atoms with Crippen LogP contribution in [0, 0.1) is 10.1 Å². The Hall–Kier alpha value is -1.66. The molecule has 0 unspecified atom stereocenters. The summed E-state index contributed by atoms with van der Waals surface area (Å²) in [5, 5.41) is 14.3. The molecule has 0 bridgehead atoms. The summed E-state index contributed by atoms with van der Waals surface area (Å²) in [6.45, 7) is 4.93. The Morgan fingerprint density at radius 2 is 2.05 bits per heavy atom. The fourth-order valence-electron chi connectivity index (χ4n) is 2.67. The van der Waals surface area contributed by atoms with E-state index in [1.54, 1.807) is 6.07 Å². The van der Waals surface area contributed by atoms with Crippen LogP contribution in [0.5, 0.6) is 5.75 Å². The van der Waals surface area contributed by atoms with Crippen molar-refractivity contribution < 1.29 is 9.66 Å². The molecule has 1 aromatic rings. The molecule has 1 N–H and O–H groups in total. The van der Waals surface area contributed by atoms with Crippen molar-refractivity contribution >= 4 is 5.69 Å². The average molecular weight is 293 g/mol. The molecule has 0 aliphatic carbocycles. The number of benzene rings is 1. The van der Waals surface area contributed by atoms with Crippen molar-refractivity contribution in [2.45, 2.75) is 31.8 Å². The van der Waals surface area contributed by atoms with Gasteiger partial charge >= 0.3 is 0 Å². The summed E-state index contributed by atoms with van der Waals surface area (Å²) < 4.78 is 5.15. The molecule has 1 aromatic carbocycles. The topological polar surface area (TPSA) is 67.6 Å². The number of nitro groups is 1. The zero-order valence-electron chi connectivity index (χ0n) is 12.9. The van der Waals surface area contributed by atoms with Crippen LogP contribution in [-0.4, -0.2) is 42.6 Å². The number of ether oxygens (including phenoxy) is 1. The molecular weight excluding hydrogens is 270 g/mol. The zero-order chi connectivity index (χ0) is 15.5. The van der Waals surface area contributed by atoms with E-state index in [4.69, 9.17) is 4.74 Å². The van der Waals surface area contributed by atoms with Gasteiger partial charge in [0.1, 0.15) is 5.75 Å². The normalized spacial score (nSPS) is 18.4. The minimum absolute atomic E-state index is 0.0847. The van der Waals surface area contributed by atoms with Gasteiger partial charge < -0.3 is 10.1 Å². The second-order valence-electron chi connectivity index (χ2n) is 5.88. The number of methoxy groups -OCH3 is 1. The number of hydrogen-bond acceptors (Lipinski definition) is 5. The van der Waals surface area contributed by atoms with Gasteiger partial charge in [0.15, 0.2) is 0 Å². The van der Waals surface area contributed by atoms with E-state index in [-0.39, 0.29) is 16.1 Å². The number of rotatable bonds is 5. The van der Waals surface area contributed by atoms with Crippen LogP contribution in [0.2, 0.25) is 0 Å². The van der Waals surface area contributed by atoms with Crippen molar-refractivity contribution in [3.8, 4) is 5.75 Å². The number of nitrogens with one attached hydrogen (secondary N) is 1. The highest BCUT2D eigenvalue weighted by Crippen LogP contribution is 2.26. The molecule has 1 fully saturated rings. The lowest BCUT2D eigenvalue weighted by atomic mass is 9.90. The van der Waals surface area contributed by atoms with Gasteiger partial charge in [0, 0.05) is 31.2 Å². The monoisotopic (exact) mass is 293 g/mol. The lowest BCUT2D eigenvalue weighted by Crippen LogP contribution is -2.49. The second kappa shape index (κ2) is 6.41. The Labute approximate surface area is 125 Å². The Morgan fingerprint density at radius 1 is 1.38 bits per heavy atom. The fourth-order valence-corrected chi connectivity index (χ4v) is 2.67. The lowest BCUT2D eigenvalue weighted by molar-refractivity contribution is -0.385. The van der Waals surface area contributed by atoms with Crippen LogP contribution in [0.25, 0.3) is 0 Å². The maximum absolute atomic E-state index is 11.0.